The van der Waals surface area contributed by atoms with Gasteiger partial charge < -0.3 is 14.5 Å². The molecule has 0 atom stereocenters. The van der Waals surface area contributed by atoms with E-state index < -0.39 is 37.1 Å². The summed E-state index contributed by atoms with van der Waals surface area (Å²) in [6.45, 7) is 24.7. The number of nitrogens with zero attached hydrogens (tertiary/aromatic N) is 4. The van der Waals surface area contributed by atoms with E-state index in [1.807, 2.05) is 41.0 Å². The molecule has 9 rings (SSSR count). The number of aryl methyl sites for hydroxylation is 1. The Morgan fingerprint density at radius 1 is 0.547 bits per heavy atom. The predicted octanol–water partition coefficient (Wildman–Crippen LogP) is 16.4. The fourth-order valence-corrected chi connectivity index (χ4v) is 8.58. The van der Waals surface area contributed by atoms with Gasteiger partial charge in [0.2, 0.25) is 0 Å². The van der Waals surface area contributed by atoms with Crippen LogP contribution in [0.3, 0.4) is 0 Å². The highest BCUT2D eigenvalue weighted by Crippen LogP contribution is 2.48. The number of fused-ring (bicyclic) bond motifs is 4. The van der Waals surface area contributed by atoms with Crippen LogP contribution in [0.5, 0.6) is 11.5 Å². The molecule has 0 bridgehead atoms. The number of hydrogen-bond donors (Lipinski definition) is 0. The van der Waals surface area contributed by atoms with Gasteiger partial charge in [-0.2, -0.15) is 0 Å². The van der Waals surface area contributed by atoms with E-state index in [0.717, 1.165) is 50.1 Å². The number of ether oxygens (including phenoxy) is 1. The molecule has 0 fully saturated rings. The maximum atomic E-state index is 8.68. The normalized spacial score (nSPS) is 15.6. The fourth-order valence-electron chi connectivity index (χ4n) is 8.58. The van der Waals surface area contributed by atoms with Crippen LogP contribution in [-0.2, 0) is 21.7 Å². The van der Waals surface area contributed by atoms with Gasteiger partial charge in [-0.15, -0.1) is 0 Å². The summed E-state index contributed by atoms with van der Waals surface area (Å²) in [6, 6.07) is 32.9. The van der Waals surface area contributed by atoms with Crippen LogP contribution in [0.15, 0.2) is 140 Å². The Kier molecular flexibility index (Phi) is 8.23. The first-order chi connectivity index (χ1) is 33.4. The molecule has 5 nitrogen and oxygen atoms in total. The third-order valence-corrected chi connectivity index (χ3v) is 12.5. The van der Waals surface area contributed by atoms with Gasteiger partial charge in [-0.25, -0.2) is 4.98 Å². The molecule has 1 aliphatic rings. The maximum absolute atomic E-state index is 8.68. The van der Waals surface area contributed by atoms with Crippen LogP contribution < -0.4 is 14.5 Å². The zero-order valence-corrected chi connectivity index (χ0v) is 39.3. The van der Waals surface area contributed by atoms with Crippen molar-refractivity contribution in [3.8, 4) is 28.4 Å². The first-order valence-electron chi connectivity index (χ1n) is 26.2. The minimum atomic E-state index is -2.74. The fraction of sp³-hybridized carbons (Fsp3) is 0.305. The molecule has 0 N–H and O–H groups in total. The number of anilines is 4. The molecular formula is C59H64N4O. The van der Waals surface area contributed by atoms with E-state index in [9.17, 15) is 0 Å². The van der Waals surface area contributed by atoms with Crippen molar-refractivity contribution in [2.24, 2.45) is 0 Å². The Hall–Kier alpha value is -6.33. The minimum Gasteiger partial charge on any atom is -0.457 e. The Morgan fingerprint density at radius 2 is 1.19 bits per heavy atom. The van der Waals surface area contributed by atoms with Gasteiger partial charge >= 0.3 is 0 Å². The van der Waals surface area contributed by atoms with Crippen LogP contribution in [0.4, 0.5) is 22.7 Å². The third kappa shape index (κ3) is 8.06. The Balaban J connectivity index is 1.15. The summed E-state index contributed by atoms with van der Waals surface area (Å²) in [5, 5.41) is 1.84. The molecule has 0 spiro atoms. The molecule has 1 aliphatic heterocycles. The van der Waals surface area contributed by atoms with Gasteiger partial charge in [0.15, 0.2) is 0 Å². The second kappa shape index (κ2) is 15.4. The molecule has 8 aromatic rings. The van der Waals surface area contributed by atoms with Gasteiger partial charge in [0.1, 0.15) is 24.0 Å². The molecule has 326 valence electrons. The van der Waals surface area contributed by atoms with Gasteiger partial charge in [0.25, 0.3) is 0 Å². The summed E-state index contributed by atoms with van der Waals surface area (Å²) >= 11 is 0. The monoisotopic (exact) mass is 853 g/mol. The second-order valence-corrected chi connectivity index (χ2v) is 21.4. The lowest BCUT2D eigenvalue weighted by atomic mass is 9.80. The zero-order valence-electron chi connectivity index (χ0n) is 47.3. The lowest BCUT2D eigenvalue weighted by molar-refractivity contribution is 0.483. The quantitative estimate of drug-likeness (QED) is 0.167. The standard InChI is InChI=1S/C59H64N4O/c1-38-28-55(60-36-50(38)39-18-15-14-16-19-39)63-51-26-22-40(56(2,3)4)32-49(51)48-25-24-47(35-53(48)63)64-46-21-17-20-44(34-46)61-37-62(54-33-41(57(5,6)7)23-27-52(54)61)45-30-42(58(8,9)10)29-43(31-45)59(11,12)13/h14-36H,37H2,1-13H3/i1D3,14D,15D,16D,18D,19D. The van der Waals surface area contributed by atoms with Gasteiger partial charge in [-0.3, -0.25) is 4.57 Å². The highest BCUT2D eigenvalue weighted by Gasteiger charge is 2.32. The van der Waals surface area contributed by atoms with Crippen molar-refractivity contribution >= 4 is 44.6 Å². The lowest BCUT2D eigenvalue weighted by Gasteiger charge is -2.29. The van der Waals surface area contributed by atoms with Crippen molar-refractivity contribution in [1.29, 1.82) is 0 Å². The van der Waals surface area contributed by atoms with Crippen molar-refractivity contribution in [2.75, 3.05) is 16.5 Å². The van der Waals surface area contributed by atoms with E-state index in [1.165, 1.54) is 29.0 Å². The van der Waals surface area contributed by atoms with Gasteiger partial charge in [-0.05, 0) is 129 Å². The number of benzene rings is 6. The average molecular weight is 853 g/mol. The van der Waals surface area contributed by atoms with Crippen LogP contribution >= 0.6 is 0 Å². The molecule has 5 heteroatoms. The summed E-state index contributed by atoms with van der Waals surface area (Å²) in [5.74, 6) is 1.47. The number of hydrogen-bond acceptors (Lipinski definition) is 4. The third-order valence-electron chi connectivity index (χ3n) is 12.5. The van der Waals surface area contributed by atoms with Crippen molar-refractivity contribution in [3.05, 3.63) is 167 Å². The van der Waals surface area contributed by atoms with Gasteiger partial charge in [-0.1, -0.05) is 138 Å². The van der Waals surface area contributed by atoms with Crippen molar-refractivity contribution < 1.29 is 15.7 Å². The zero-order chi connectivity index (χ0) is 52.4. The van der Waals surface area contributed by atoms with Gasteiger partial charge in [0.05, 0.1) is 29.3 Å². The molecule has 64 heavy (non-hydrogen) atoms. The second-order valence-electron chi connectivity index (χ2n) is 21.4. The number of pyridine rings is 1. The molecule has 0 saturated carbocycles. The van der Waals surface area contributed by atoms with Crippen LogP contribution in [-0.4, -0.2) is 16.2 Å². The van der Waals surface area contributed by atoms with Crippen molar-refractivity contribution in [3.63, 3.8) is 0 Å². The summed E-state index contributed by atoms with van der Waals surface area (Å²) in [6.07, 6.45) is 1.31. The van der Waals surface area contributed by atoms with E-state index in [1.54, 1.807) is 0 Å². The average Bonchev–Trinajstić information content (AvgIpc) is 3.84. The Bertz CT molecular complexity index is 3410. The summed E-state index contributed by atoms with van der Waals surface area (Å²) in [7, 11) is 0. The predicted molar refractivity (Wildman–Crippen MR) is 272 cm³/mol. The van der Waals surface area contributed by atoms with E-state index in [-0.39, 0.29) is 44.2 Å². The van der Waals surface area contributed by atoms with Crippen molar-refractivity contribution in [2.45, 2.75) is 112 Å². The molecule has 3 heterocycles. The number of rotatable bonds is 6. The SMILES string of the molecule is [2H]c1c([2H])c([2H])c(-c2cnc(-n3c4ccc(C(C)(C)C)cc4c4ccc(Oc5cccc(N6CN(c7cc(C(C)(C)C)cc(C(C)(C)C)c7)c7cc(C(C)(C)C)ccc76)c5)cc43)cc2C([2H])([2H])[2H])c([2H])c1[2H]. The molecule has 0 aliphatic carbocycles. The van der Waals surface area contributed by atoms with Crippen molar-refractivity contribution in [1.82, 2.24) is 9.55 Å². The maximum Gasteiger partial charge on any atom is 0.137 e. The summed E-state index contributed by atoms with van der Waals surface area (Å²) in [4.78, 5) is 9.57. The van der Waals surface area contributed by atoms with Crippen LogP contribution in [0, 0.1) is 6.85 Å². The molecule has 0 saturated heterocycles. The highest BCUT2D eigenvalue weighted by atomic mass is 16.5. The summed E-state index contributed by atoms with van der Waals surface area (Å²) in [5.41, 5.74) is 10.0. The van der Waals surface area contributed by atoms with E-state index in [0.29, 0.717) is 18.2 Å². The highest BCUT2D eigenvalue weighted by molar-refractivity contribution is 6.10. The Labute approximate surface area is 392 Å². The largest absolute Gasteiger partial charge is 0.457 e. The van der Waals surface area contributed by atoms with Crippen LogP contribution in [0.1, 0.15) is 122 Å². The molecule has 2 aromatic heterocycles. The molecular weight excluding hydrogens is 781 g/mol. The summed E-state index contributed by atoms with van der Waals surface area (Å²) < 4.78 is 76.7. The molecule has 0 amide bonds. The molecule has 0 unspecified atom stereocenters. The van der Waals surface area contributed by atoms with Gasteiger partial charge in [0, 0.05) is 50.2 Å². The number of aromatic nitrogens is 2. The topological polar surface area (TPSA) is 33.5 Å². The molecule has 0 radical (unpaired) electrons. The van der Waals surface area contributed by atoms with Crippen LogP contribution in [0.25, 0.3) is 38.8 Å². The molecule has 6 aromatic carbocycles. The smallest absolute Gasteiger partial charge is 0.137 e. The van der Waals surface area contributed by atoms with E-state index in [2.05, 4.69) is 154 Å². The minimum absolute atomic E-state index is 0.0524. The van der Waals surface area contributed by atoms with E-state index in [4.69, 9.17) is 20.7 Å². The first-order valence-corrected chi connectivity index (χ1v) is 22.2. The van der Waals surface area contributed by atoms with Crippen LogP contribution in [0.2, 0.25) is 0 Å². The Morgan fingerprint density at radius 3 is 1.86 bits per heavy atom. The lowest BCUT2D eigenvalue weighted by Crippen LogP contribution is -2.25. The first kappa shape index (κ1) is 34.1. The van der Waals surface area contributed by atoms with E-state index >= 15 is 0 Å².